The van der Waals surface area contributed by atoms with E-state index in [-0.39, 0.29) is 23.9 Å². The Kier molecular flexibility index (Phi) is 6.29. The van der Waals surface area contributed by atoms with Crippen LogP contribution in [0.1, 0.15) is 21.7 Å². The predicted octanol–water partition coefficient (Wildman–Crippen LogP) is 2.92. The SMILES string of the molecule is Nc1nonc1-n1nnc(C(=O)N/N=C\c2c(Cl)cccc2Cl)c1CNc1ccccc1. The van der Waals surface area contributed by atoms with Crippen molar-refractivity contribution in [3.63, 3.8) is 0 Å². The highest BCUT2D eigenvalue weighted by atomic mass is 35.5. The largest absolute Gasteiger partial charge is 0.379 e. The smallest absolute Gasteiger partial charge is 0.293 e. The zero-order chi connectivity index (χ0) is 22.5. The molecule has 0 fully saturated rings. The highest BCUT2D eigenvalue weighted by Gasteiger charge is 2.23. The normalized spacial score (nSPS) is 11.1. The predicted molar refractivity (Wildman–Crippen MR) is 119 cm³/mol. The van der Waals surface area contributed by atoms with E-state index in [2.05, 4.69) is 41.1 Å². The lowest BCUT2D eigenvalue weighted by Gasteiger charge is -2.08. The van der Waals surface area contributed by atoms with Crippen LogP contribution < -0.4 is 16.5 Å². The topological polar surface area (TPSA) is 149 Å². The number of anilines is 2. The maximum Gasteiger partial charge on any atom is 0.293 e. The molecule has 0 aliphatic carbocycles. The van der Waals surface area contributed by atoms with Crippen molar-refractivity contribution in [1.29, 1.82) is 0 Å². The third kappa shape index (κ3) is 4.53. The third-order valence-corrected chi connectivity index (χ3v) is 4.93. The zero-order valence-electron chi connectivity index (χ0n) is 16.2. The maximum atomic E-state index is 12.8. The Balaban J connectivity index is 1.59. The first-order chi connectivity index (χ1) is 15.5. The molecule has 4 N–H and O–H groups in total. The number of rotatable bonds is 7. The molecule has 0 bridgehead atoms. The molecule has 0 aliphatic rings. The fraction of sp³-hybridized carbons (Fsp3) is 0.0526. The van der Waals surface area contributed by atoms with Crippen molar-refractivity contribution in [2.75, 3.05) is 11.1 Å². The van der Waals surface area contributed by atoms with Gasteiger partial charge in [-0.3, -0.25) is 4.79 Å². The lowest BCUT2D eigenvalue weighted by molar-refractivity contribution is 0.0949. The summed E-state index contributed by atoms with van der Waals surface area (Å²) < 4.78 is 5.91. The van der Waals surface area contributed by atoms with Crippen LogP contribution in [0.4, 0.5) is 11.5 Å². The highest BCUT2D eigenvalue weighted by Crippen LogP contribution is 2.22. The van der Waals surface area contributed by atoms with Crippen molar-refractivity contribution in [1.82, 2.24) is 30.7 Å². The summed E-state index contributed by atoms with van der Waals surface area (Å²) >= 11 is 12.2. The molecule has 0 saturated heterocycles. The van der Waals surface area contributed by atoms with Crippen LogP contribution in [0.3, 0.4) is 0 Å². The number of para-hydroxylation sites is 1. The number of nitrogens with two attached hydrogens (primary N) is 1. The van der Waals surface area contributed by atoms with Crippen LogP contribution in [-0.4, -0.2) is 37.4 Å². The van der Waals surface area contributed by atoms with Crippen molar-refractivity contribution in [2.45, 2.75) is 6.54 Å². The van der Waals surface area contributed by atoms with Crippen LogP contribution in [0.25, 0.3) is 5.82 Å². The van der Waals surface area contributed by atoms with Crippen molar-refractivity contribution in [2.24, 2.45) is 5.10 Å². The Morgan fingerprint density at radius 2 is 1.88 bits per heavy atom. The summed E-state index contributed by atoms with van der Waals surface area (Å²) in [5.41, 5.74) is 9.82. The minimum Gasteiger partial charge on any atom is -0.379 e. The molecule has 0 radical (unpaired) electrons. The molecule has 0 spiro atoms. The molecule has 4 rings (SSSR count). The quantitative estimate of drug-likeness (QED) is 0.275. The number of nitrogen functional groups attached to an aromatic ring is 1. The third-order valence-electron chi connectivity index (χ3n) is 4.27. The Hall–Kier alpha value is -3.96. The van der Waals surface area contributed by atoms with Crippen LogP contribution in [0.5, 0.6) is 0 Å². The summed E-state index contributed by atoms with van der Waals surface area (Å²) in [4.78, 5) is 12.8. The highest BCUT2D eigenvalue weighted by molar-refractivity contribution is 6.38. The van der Waals surface area contributed by atoms with E-state index in [1.807, 2.05) is 30.3 Å². The number of aromatic nitrogens is 5. The summed E-state index contributed by atoms with van der Waals surface area (Å²) in [5.74, 6) is -0.516. The first-order valence-corrected chi connectivity index (χ1v) is 9.89. The molecule has 2 aromatic heterocycles. The molecular formula is C19H15Cl2N9O2. The van der Waals surface area contributed by atoms with E-state index >= 15 is 0 Å². The molecule has 162 valence electrons. The molecular weight excluding hydrogens is 457 g/mol. The van der Waals surface area contributed by atoms with Gasteiger partial charge in [-0.15, -0.1) is 5.10 Å². The minimum absolute atomic E-state index is 0.00163. The van der Waals surface area contributed by atoms with Gasteiger partial charge < -0.3 is 11.1 Å². The maximum absolute atomic E-state index is 12.8. The minimum atomic E-state index is -0.615. The Labute approximate surface area is 191 Å². The van der Waals surface area contributed by atoms with Crippen molar-refractivity contribution < 1.29 is 9.42 Å². The summed E-state index contributed by atoms with van der Waals surface area (Å²) in [6.07, 6.45) is 1.34. The van der Waals surface area contributed by atoms with E-state index in [9.17, 15) is 4.79 Å². The van der Waals surface area contributed by atoms with Gasteiger partial charge in [0.15, 0.2) is 5.69 Å². The van der Waals surface area contributed by atoms with Crippen molar-refractivity contribution in [3.05, 3.63) is 75.5 Å². The number of nitrogens with one attached hydrogen (secondary N) is 2. The fourth-order valence-electron chi connectivity index (χ4n) is 2.73. The average Bonchev–Trinajstić information content (AvgIpc) is 3.40. The van der Waals surface area contributed by atoms with Gasteiger partial charge in [0.2, 0.25) is 11.6 Å². The van der Waals surface area contributed by atoms with Gasteiger partial charge in [-0.1, -0.05) is 52.7 Å². The average molecular weight is 472 g/mol. The molecule has 0 unspecified atom stereocenters. The number of hydrazone groups is 1. The number of benzene rings is 2. The second-order valence-electron chi connectivity index (χ2n) is 6.32. The summed E-state index contributed by atoms with van der Waals surface area (Å²) in [6, 6.07) is 14.4. The number of hydrogen-bond donors (Lipinski definition) is 3. The molecule has 2 heterocycles. The second-order valence-corrected chi connectivity index (χ2v) is 7.14. The molecule has 0 aliphatic heterocycles. The molecule has 4 aromatic rings. The van der Waals surface area contributed by atoms with Gasteiger partial charge in [0.25, 0.3) is 5.91 Å². The van der Waals surface area contributed by atoms with Crippen molar-refractivity contribution in [3.8, 4) is 5.82 Å². The summed E-state index contributed by atoms with van der Waals surface area (Å²) in [6.45, 7) is 0.173. The van der Waals surface area contributed by atoms with Gasteiger partial charge in [-0.25, -0.2) is 10.1 Å². The first-order valence-electron chi connectivity index (χ1n) is 9.14. The number of nitrogens with zero attached hydrogens (tertiary/aromatic N) is 6. The van der Waals surface area contributed by atoms with E-state index in [0.717, 1.165) is 5.69 Å². The van der Waals surface area contributed by atoms with Crippen LogP contribution in [0.2, 0.25) is 10.0 Å². The Morgan fingerprint density at radius 3 is 2.56 bits per heavy atom. The summed E-state index contributed by atoms with van der Waals surface area (Å²) in [7, 11) is 0. The molecule has 0 saturated carbocycles. The van der Waals surface area contributed by atoms with Gasteiger partial charge in [-0.2, -0.15) is 9.78 Å². The number of carbonyl (C=O) groups excluding carboxylic acids is 1. The molecule has 1 amide bonds. The Morgan fingerprint density at radius 1 is 1.12 bits per heavy atom. The first kappa shape index (κ1) is 21.3. The monoisotopic (exact) mass is 471 g/mol. The van der Waals surface area contributed by atoms with E-state index < -0.39 is 5.91 Å². The number of halogens is 2. The lowest BCUT2D eigenvalue weighted by Crippen LogP contribution is -2.21. The van der Waals surface area contributed by atoms with Crippen molar-refractivity contribution >= 4 is 46.8 Å². The van der Waals surface area contributed by atoms with Gasteiger partial charge in [-0.05, 0) is 34.6 Å². The number of amides is 1. The molecule has 32 heavy (non-hydrogen) atoms. The van der Waals surface area contributed by atoms with Crippen LogP contribution in [0.15, 0.2) is 58.3 Å². The molecule has 11 nitrogen and oxygen atoms in total. The van der Waals surface area contributed by atoms with E-state index in [4.69, 9.17) is 28.9 Å². The summed E-state index contributed by atoms with van der Waals surface area (Å²) in [5, 5.41) is 23.1. The number of hydrogen-bond acceptors (Lipinski definition) is 9. The zero-order valence-corrected chi connectivity index (χ0v) is 17.7. The van der Waals surface area contributed by atoms with Crippen LogP contribution in [0, 0.1) is 0 Å². The molecule has 2 aromatic carbocycles. The molecule has 0 atom stereocenters. The lowest BCUT2D eigenvalue weighted by atomic mass is 10.2. The van der Waals surface area contributed by atoms with Crippen LogP contribution >= 0.6 is 23.2 Å². The van der Waals surface area contributed by atoms with E-state index in [0.29, 0.717) is 21.3 Å². The second kappa shape index (κ2) is 9.45. The Bertz CT molecular complexity index is 1250. The van der Waals surface area contributed by atoms with E-state index in [1.165, 1.54) is 10.9 Å². The molecule has 13 heteroatoms. The fourth-order valence-corrected chi connectivity index (χ4v) is 3.22. The van der Waals surface area contributed by atoms with Gasteiger partial charge in [0.05, 0.1) is 28.5 Å². The van der Waals surface area contributed by atoms with Gasteiger partial charge >= 0.3 is 0 Å². The van der Waals surface area contributed by atoms with Crippen LogP contribution in [-0.2, 0) is 6.54 Å². The standard InChI is InChI=1S/C19H15Cl2N9O2/c20-13-7-4-8-14(21)12(13)9-24-26-19(31)16-15(10-23-11-5-2-1-3-6-11)30(29-25-16)18-17(22)27-32-28-18/h1-9,23H,10H2,(H2,22,27)(H,26,31)/b24-9-. The van der Waals surface area contributed by atoms with Gasteiger partial charge in [0, 0.05) is 11.3 Å². The number of carbonyl (C=O) groups is 1. The van der Waals surface area contributed by atoms with Gasteiger partial charge in [0.1, 0.15) is 0 Å². The van der Waals surface area contributed by atoms with E-state index in [1.54, 1.807) is 18.2 Å².